The van der Waals surface area contributed by atoms with E-state index < -0.39 is 0 Å². The van der Waals surface area contributed by atoms with Crippen LogP contribution in [0.2, 0.25) is 0 Å². The molecule has 0 bridgehead atoms. The Morgan fingerprint density at radius 2 is 2.14 bits per heavy atom. The fourth-order valence-corrected chi connectivity index (χ4v) is 2.55. The van der Waals surface area contributed by atoms with Crippen molar-refractivity contribution in [2.24, 2.45) is 5.92 Å². The van der Waals surface area contributed by atoms with Crippen LogP contribution in [0.15, 0.2) is 30.3 Å². The highest BCUT2D eigenvalue weighted by molar-refractivity contribution is 5.92. The van der Waals surface area contributed by atoms with Gasteiger partial charge >= 0.3 is 0 Å². The van der Waals surface area contributed by atoms with E-state index in [0.717, 1.165) is 24.8 Å². The van der Waals surface area contributed by atoms with Crippen molar-refractivity contribution in [1.82, 2.24) is 4.90 Å². The summed E-state index contributed by atoms with van der Waals surface area (Å²) in [5, 5.41) is 0. The summed E-state index contributed by atoms with van der Waals surface area (Å²) < 4.78 is 13.1. The Kier molecular flexibility index (Phi) is 5.16. The fourth-order valence-electron chi connectivity index (χ4n) is 2.55. The van der Waals surface area contributed by atoms with Gasteiger partial charge in [0.25, 0.3) is 0 Å². The van der Waals surface area contributed by atoms with E-state index >= 15 is 0 Å². The van der Waals surface area contributed by atoms with Crippen LogP contribution in [-0.2, 0) is 4.79 Å². The van der Waals surface area contributed by atoms with Crippen LogP contribution in [0.25, 0.3) is 6.08 Å². The first-order valence-electron chi connectivity index (χ1n) is 7.79. The highest BCUT2D eigenvalue weighted by Crippen LogP contribution is 2.31. The van der Waals surface area contributed by atoms with Crippen LogP contribution in [0, 0.1) is 11.7 Å². The highest BCUT2D eigenvalue weighted by atomic mass is 19.1. The maximum atomic E-state index is 13.1. The molecule has 1 aromatic carbocycles. The van der Waals surface area contributed by atoms with E-state index in [9.17, 15) is 9.18 Å². The first-order valence-corrected chi connectivity index (χ1v) is 7.79. The van der Waals surface area contributed by atoms with Gasteiger partial charge in [-0.2, -0.15) is 0 Å². The zero-order valence-electron chi connectivity index (χ0n) is 13.1. The third-order valence-electron chi connectivity index (χ3n) is 4.37. The van der Waals surface area contributed by atoms with Gasteiger partial charge in [0.1, 0.15) is 5.82 Å². The average Bonchev–Trinajstić information content (AvgIpc) is 3.29. The smallest absolute Gasteiger partial charge is 0.247 e. The normalized spacial score (nSPS) is 17.7. The van der Waals surface area contributed by atoms with E-state index in [0.29, 0.717) is 12.0 Å². The SMILES string of the molecule is CCC(C)C(C)N(C(=O)C=Cc1cccc(F)c1)C1CC1. The molecule has 1 fully saturated rings. The molecular formula is C18H24FNO. The highest BCUT2D eigenvalue weighted by Gasteiger charge is 2.36. The van der Waals surface area contributed by atoms with Crippen LogP contribution in [0.4, 0.5) is 4.39 Å². The standard InChI is InChI=1S/C18H24FNO/c1-4-13(2)14(3)20(17-9-10-17)18(21)11-8-15-6-5-7-16(19)12-15/h5-8,11-14,17H,4,9-10H2,1-3H3. The lowest BCUT2D eigenvalue weighted by atomic mass is 9.99. The largest absolute Gasteiger partial charge is 0.333 e. The van der Waals surface area contributed by atoms with Crippen LogP contribution in [-0.4, -0.2) is 22.9 Å². The number of benzene rings is 1. The molecule has 1 amide bonds. The first-order chi connectivity index (χ1) is 10.0. The molecule has 0 spiro atoms. The Morgan fingerprint density at radius 1 is 1.43 bits per heavy atom. The van der Waals surface area contributed by atoms with Crippen molar-refractivity contribution in [2.45, 2.75) is 52.1 Å². The molecular weight excluding hydrogens is 265 g/mol. The van der Waals surface area contributed by atoms with Gasteiger partial charge in [0, 0.05) is 18.2 Å². The summed E-state index contributed by atoms with van der Waals surface area (Å²) in [4.78, 5) is 14.5. The number of amides is 1. The molecule has 2 rings (SSSR count). The number of hydrogen-bond acceptors (Lipinski definition) is 1. The van der Waals surface area contributed by atoms with E-state index in [1.807, 2.05) is 4.90 Å². The van der Waals surface area contributed by atoms with Crippen LogP contribution in [0.1, 0.15) is 45.6 Å². The molecule has 114 valence electrons. The Morgan fingerprint density at radius 3 is 2.71 bits per heavy atom. The van der Waals surface area contributed by atoms with Gasteiger partial charge in [-0.3, -0.25) is 4.79 Å². The number of hydrogen-bond donors (Lipinski definition) is 0. The number of rotatable bonds is 6. The molecule has 0 N–H and O–H groups in total. The lowest BCUT2D eigenvalue weighted by Crippen LogP contribution is -2.42. The van der Waals surface area contributed by atoms with Gasteiger partial charge in [0.05, 0.1) is 0 Å². The van der Waals surface area contributed by atoms with Crippen LogP contribution < -0.4 is 0 Å². The molecule has 0 aromatic heterocycles. The number of carbonyl (C=O) groups excluding carboxylic acids is 1. The van der Waals surface area contributed by atoms with E-state index in [2.05, 4.69) is 20.8 Å². The van der Waals surface area contributed by atoms with Gasteiger partial charge in [-0.15, -0.1) is 0 Å². The van der Waals surface area contributed by atoms with Crippen molar-refractivity contribution in [2.75, 3.05) is 0 Å². The Balaban J connectivity index is 2.08. The van der Waals surface area contributed by atoms with Crippen molar-refractivity contribution in [1.29, 1.82) is 0 Å². The molecule has 0 heterocycles. The summed E-state index contributed by atoms with van der Waals surface area (Å²) in [7, 11) is 0. The van der Waals surface area contributed by atoms with E-state index in [1.54, 1.807) is 24.3 Å². The fraction of sp³-hybridized carbons (Fsp3) is 0.500. The van der Waals surface area contributed by atoms with Crippen molar-refractivity contribution in [3.05, 3.63) is 41.7 Å². The maximum absolute atomic E-state index is 13.1. The van der Waals surface area contributed by atoms with Gasteiger partial charge in [-0.1, -0.05) is 32.4 Å². The maximum Gasteiger partial charge on any atom is 0.247 e. The van der Waals surface area contributed by atoms with Gasteiger partial charge in [-0.25, -0.2) is 4.39 Å². The minimum atomic E-state index is -0.281. The molecule has 2 unspecified atom stereocenters. The van der Waals surface area contributed by atoms with E-state index in [-0.39, 0.29) is 17.8 Å². The van der Waals surface area contributed by atoms with Crippen molar-refractivity contribution in [3.63, 3.8) is 0 Å². The molecule has 2 atom stereocenters. The second-order valence-corrected chi connectivity index (χ2v) is 5.99. The van der Waals surface area contributed by atoms with E-state index in [4.69, 9.17) is 0 Å². The van der Waals surface area contributed by atoms with Gasteiger partial charge in [-0.05, 0) is 49.5 Å². The number of halogens is 1. The molecule has 2 nitrogen and oxygen atoms in total. The summed E-state index contributed by atoms with van der Waals surface area (Å²) in [6.07, 6.45) is 6.53. The van der Waals surface area contributed by atoms with Gasteiger partial charge < -0.3 is 4.90 Å². The topological polar surface area (TPSA) is 20.3 Å². The molecule has 21 heavy (non-hydrogen) atoms. The molecule has 3 heteroatoms. The van der Waals surface area contributed by atoms with Crippen LogP contribution in [0.5, 0.6) is 0 Å². The molecule has 0 aliphatic heterocycles. The Hall–Kier alpha value is -1.64. The minimum absolute atomic E-state index is 0.0366. The third-order valence-corrected chi connectivity index (χ3v) is 4.37. The predicted molar refractivity (Wildman–Crippen MR) is 84.2 cm³/mol. The van der Waals surface area contributed by atoms with Crippen LogP contribution in [0.3, 0.4) is 0 Å². The monoisotopic (exact) mass is 289 g/mol. The molecule has 0 saturated heterocycles. The van der Waals surface area contributed by atoms with Crippen LogP contribution >= 0.6 is 0 Å². The summed E-state index contributed by atoms with van der Waals surface area (Å²) in [5.74, 6) is 0.239. The lowest BCUT2D eigenvalue weighted by Gasteiger charge is -2.32. The van der Waals surface area contributed by atoms with Crippen molar-refractivity contribution >= 4 is 12.0 Å². The molecule has 1 aliphatic carbocycles. The molecule has 0 radical (unpaired) electrons. The summed E-state index contributed by atoms with van der Waals surface area (Å²) in [6, 6.07) is 6.92. The molecule has 1 saturated carbocycles. The molecule has 1 aromatic rings. The number of nitrogens with zero attached hydrogens (tertiary/aromatic N) is 1. The Labute approximate surface area is 126 Å². The lowest BCUT2D eigenvalue weighted by molar-refractivity contribution is -0.129. The first kappa shape index (κ1) is 15.7. The van der Waals surface area contributed by atoms with Gasteiger partial charge in [0.15, 0.2) is 0 Å². The second kappa shape index (κ2) is 6.88. The van der Waals surface area contributed by atoms with Crippen molar-refractivity contribution < 1.29 is 9.18 Å². The predicted octanol–water partition coefficient (Wildman–Crippen LogP) is 4.26. The zero-order valence-corrected chi connectivity index (χ0v) is 13.1. The summed E-state index contributed by atoms with van der Waals surface area (Å²) >= 11 is 0. The molecule has 1 aliphatic rings. The number of carbonyl (C=O) groups is 1. The van der Waals surface area contributed by atoms with Crippen molar-refractivity contribution in [3.8, 4) is 0 Å². The van der Waals surface area contributed by atoms with Gasteiger partial charge in [0.2, 0.25) is 5.91 Å². The quantitative estimate of drug-likeness (QED) is 0.716. The summed E-state index contributed by atoms with van der Waals surface area (Å²) in [6.45, 7) is 6.46. The average molecular weight is 289 g/mol. The minimum Gasteiger partial charge on any atom is -0.333 e. The zero-order chi connectivity index (χ0) is 15.4. The third kappa shape index (κ3) is 4.16. The summed E-state index contributed by atoms with van der Waals surface area (Å²) in [5.41, 5.74) is 0.718. The second-order valence-electron chi connectivity index (χ2n) is 5.99. The van der Waals surface area contributed by atoms with E-state index in [1.165, 1.54) is 12.1 Å². The Bertz CT molecular complexity index is 522.